The zero-order valence-corrected chi connectivity index (χ0v) is 16.6. The monoisotopic (exact) mass is 420 g/mol. The average Bonchev–Trinajstić information content (AvgIpc) is 3.59. The molecule has 3 aromatic rings. The molecule has 0 radical (unpaired) electrons. The average molecular weight is 420 g/mol. The number of hydrogen-bond acceptors (Lipinski definition) is 4. The number of benzene rings is 2. The molecule has 0 bridgehead atoms. The quantitative estimate of drug-likeness (QED) is 0.611. The lowest BCUT2D eigenvalue weighted by molar-refractivity contribution is -0.123. The highest BCUT2D eigenvalue weighted by molar-refractivity contribution is 5.96. The Labute approximate surface area is 177 Å². The molecule has 0 spiro atoms. The molecule has 8 heteroatoms. The van der Waals surface area contributed by atoms with E-state index in [1.165, 1.54) is 36.4 Å². The van der Waals surface area contributed by atoms with E-state index >= 15 is 0 Å². The standard InChI is InChI=1S/C23H21FN4O3/c24-16-6-10-18(11-7-16)28-21(29)13-12-19(27-28)22(30)26-20(23(31)25-17-8-9-17)14-15-4-2-1-3-5-15/h1-7,10-13,17,20H,8-9,14H2,(H,25,31)(H,26,30). The van der Waals surface area contributed by atoms with Gasteiger partial charge in [-0.2, -0.15) is 9.78 Å². The van der Waals surface area contributed by atoms with Crippen molar-refractivity contribution in [3.05, 3.63) is 94.2 Å². The molecule has 1 atom stereocenters. The number of nitrogens with one attached hydrogen (secondary N) is 2. The first-order valence-corrected chi connectivity index (χ1v) is 10.0. The van der Waals surface area contributed by atoms with Crippen molar-refractivity contribution in [1.82, 2.24) is 20.4 Å². The van der Waals surface area contributed by atoms with Gasteiger partial charge < -0.3 is 10.6 Å². The predicted molar refractivity (Wildman–Crippen MR) is 112 cm³/mol. The first-order valence-electron chi connectivity index (χ1n) is 10.0. The fourth-order valence-electron chi connectivity index (χ4n) is 3.12. The number of nitrogens with zero attached hydrogens (tertiary/aromatic N) is 2. The Morgan fingerprint density at radius 3 is 2.42 bits per heavy atom. The Morgan fingerprint density at radius 2 is 1.74 bits per heavy atom. The molecule has 2 N–H and O–H groups in total. The van der Waals surface area contributed by atoms with E-state index in [-0.39, 0.29) is 17.6 Å². The highest BCUT2D eigenvalue weighted by Gasteiger charge is 2.29. The molecule has 158 valence electrons. The molecule has 1 aromatic heterocycles. The summed E-state index contributed by atoms with van der Waals surface area (Å²) in [5.74, 6) is -1.29. The first kappa shape index (κ1) is 20.5. The van der Waals surface area contributed by atoms with Crippen molar-refractivity contribution < 1.29 is 14.0 Å². The number of hydrogen-bond donors (Lipinski definition) is 2. The van der Waals surface area contributed by atoms with E-state index in [1.54, 1.807) is 0 Å². The Morgan fingerprint density at radius 1 is 1.03 bits per heavy atom. The van der Waals surface area contributed by atoms with Gasteiger partial charge in [-0.25, -0.2) is 4.39 Å². The number of halogens is 1. The van der Waals surface area contributed by atoms with Crippen molar-refractivity contribution in [2.45, 2.75) is 31.3 Å². The van der Waals surface area contributed by atoms with Crippen LogP contribution in [0.15, 0.2) is 71.5 Å². The second kappa shape index (κ2) is 8.91. The second-order valence-electron chi connectivity index (χ2n) is 7.44. The van der Waals surface area contributed by atoms with E-state index in [0.717, 1.165) is 23.1 Å². The molecule has 0 aliphatic heterocycles. The molecule has 31 heavy (non-hydrogen) atoms. The first-order chi connectivity index (χ1) is 15.0. The Bertz CT molecular complexity index is 1140. The van der Waals surface area contributed by atoms with Gasteiger partial charge in [0.1, 0.15) is 17.6 Å². The van der Waals surface area contributed by atoms with Crippen molar-refractivity contribution in [1.29, 1.82) is 0 Å². The van der Waals surface area contributed by atoms with Crippen molar-refractivity contribution in [2.24, 2.45) is 0 Å². The minimum atomic E-state index is -0.788. The summed E-state index contributed by atoms with van der Waals surface area (Å²) >= 11 is 0. The molecule has 1 aliphatic rings. The summed E-state index contributed by atoms with van der Waals surface area (Å²) in [6, 6.07) is 16.5. The zero-order chi connectivity index (χ0) is 21.8. The lowest BCUT2D eigenvalue weighted by Crippen LogP contribution is -2.49. The van der Waals surface area contributed by atoms with Gasteiger partial charge in [0.2, 0.25) is 5.91 Å². The van der Waals surface area contributed by atoms with Gasteiger partial charge >= 0.3 is 0 Å². The van der Waals surface area contributed by atoms with Crippen LogP contribution in [0, 0.1) is 5.82 Å². The normalized spacial score (nSPS) is 14.0. The minimum Gasteiger partial charge on any atom is -0.352 e. The summed E-state index contributed by atoms with van der Waals surface area (Å²) < 4.78 is 14.2. The molecule has 2 aromatic carbocycles. The third-order valence-corrected chi connectivity index (χ3v) is 4.93. The third-order valence-electron chi connectivity index (χ3n) is 4.93. The third kappa shape index (κ3) is 5.22. The highest BCUT2D eigenvalue weighted by atomic mass is 19.1. The van der Waals surface area contributed by atoms with Gasteiger partial charge in [-0.3, -0.25) is 14.4 Å². The second-order valence-corrected chi connectivity index (χ2v) is 7.44. The Balaban J connectivity index is 1.56. The predicted octanol–water partition coefficient (Wildman–Crippen LogP) is 1.99. The summed E-state index contributed by atoms with van der Waals surface area (Å²) in [5.41, 5.74) is 0.744. The smallest absolute Gasteiger partial charge is 0.272 e. The molecule has 1 unspecified atom stereocenters. The molecule has 1 aliphatic carbocycles. The molecular formula is C23H21FN4O3. The van der Waals surface area contributed by atoms with Gasteiger partial charge in [0.25, 0.3) is 11.5 Å². The summed E-state index contributed by atoms with van der Waals surface area (Å²) in [6.07, 6.45) is 2.19. The van der Waals surface area contributed by atoms with E-state index in [2.05, 4.69) is 15.7 Å². The summed E-state index contributed by atoms with van der Waals surface area (Å²) in [7, 11) is 0. The number of carbonyl (C=O) groups is 2. The maximum atomic E-state index is 13.2. The van der Waals surface area contributed by atoms with Crippen LogP contribution in [0.1, 0.15) is 28.9 Å². The number of amides is 2. The van der Waals surface area contributed by atoms with Gasteiger partial charge in [-0.15, -0.1) is 0 Å². The fourth-order valence-corrected chi connectivity index (χ4v) is 3.12. The van der Waals surface area contributed by atoms with Crippen LogP contribution in [0.2, 0.25) is 0 Å². The summed E-state index contributed by atoms with van der Waals surface area (Å²) in [6.45, 7) is 0. The maximum Gasteiger partial charge on any atom is 0.272 e. The van der Waals surface area contributed by atoms with Crippen LogP contribution in [-0.4, -0.2) is 33.7 Å². The van der Waals surface area contributed by atoms with E-state index in [0.29, 0.717) is 12.1 Å². The Hall–Kier alpha value is -3.81. The summed E-state index contributed by atoms with van der Waals surface area (Å²) in [4.78, 5) is 37.8. The molecular weight excluding hydrogens is 399 g/mol. The minimum absolute atomic E-state index is 0.0267. The maximum absolute atomic E-state index is 13.2. The number of aromatic nitrogens is 2. The molecule has 4 rings (SSSR count). The van der Waals surface area contributed by atoms with Gasteiger partial charge in [-0.05, 0) is 48.7 Å². The molecule has 1 fully saturated rings. The van der Waals surface area contributed by atoms with Crippen molar-refractivity contribution in [2.75, 3.05) is 0 Å². The van der Waals surface area contributed by atoms with E-state index in [4.69, 9.17) is 0 Å². The summed E-state index contributed by atoms with van der Waals surface area (Å²) in [5, 5.41) is 9.75. The van der Waals surface area contributed by atoms with Crippen LogP contribution >= 0.6 is 0 Å². The lowest BCUT2D eigenvalue weighted by Gasteiger charge is -2.18. The van der Waals surface area contributed by atoms with Crippen LogP contribution < -0.4 is 16.2 Å². The van der Waals surface area contributed by atoms with Crippen molar-refractivity contribution >= 4 is 11.8 Å². The van der Waals surface area contributed by atoms with E-state index in [9.17, 15) is 18.8 Å². The Kier molecular flexibility index (Phi) is 5.88. The van der Waals surface area contributed by atoms with Gasteiger partial charge in [-0.1, -0.05) is 30.3 Å². The van der Waals surface area contributed by atoms with E-state index < -0.39 is 23.3 Å². The molecule has 1 saturated carbocycles. The largest absolute Gasteiger partial charge is 0.352 e. The topological polar surface area (TPSA) is 93.1 Å². The zero-order valence-electron chi connectivity index (χ0n) is 16.6. The van der Waals surface area contributed by atoms with Crippen LogP contribution in [0.5, 0.6) is 0 Å². The van der Waals surface area contributed by atoms with Crippen molar-refractivity contribution in [3.63, 3.8) is 0 Å². The highest BCUT2D eigenvalue weighted by Crippen LogP contribution is 2.19. The van der Waals surface area contributed by atoms with Crippen LogP contribution in [0.3, 0.4) is 0 Å². The van der Waals surface area contributed by atoms with Crippen LogP contribution in [-0.2, 0) is 11.2 Å². The molecule has 2 amide bonds. The fraction of sp³-hybridized carbons (Fsp3) is 0.217. The van der Waals surface area contributed by atoms with Crippen LogP contribution in [0.25, 0.3) is 5.69 Å². The lowest BCUT2D eigenvalue weighted by atomic mass is 10.0. The number of carbonyl (C=O) groups excluding carboxylic acids is 2. The van der Waals surface area contributed by atoms with Crippen LogP contribution in [0.4, 0.5) is 4.39 Å². The van der Waals surface area contributed by atoms with Gasteiger partial charge in [0, 0.05) is 18.5 Å². The van der Waals surface area contributed by atoms with Crippen molar-refractivity contribution in [3.8, 4) is 5.69 Å². The van der Waals surface area contributed by atoms with E-state index in [1.807, 2.05) is 30.3 Å². The number of rotatable bonds is 7. The van der Waals surface area contributed by atoms with Gasteiger partial charge in [0.05, 0.1) is 5.69 Å². The molecule has 0 saturated heterocycles. The molecule has 1 heterocycles. The van der Waals surface area contributed by atoms with Gasteiger partial charge in [0.15, 0.2) is 0 Å². The molecule has 7 nitrogen and oxygen atoms in total. The SMILES string of the molecule is O=C(NC(Cc1ccccc1)C(=O)NC1CC1)c1ccc(=O)n(-c2ccc(F)cc2)n1.